The minimum atomic E-state index is -0.796. The van der Waals surface area contributed by atoms with Crippen LogP contribution in [0.2, 0.25) is 0 Å². The van der Waals surface area contributed by atoms with Gasteiger partial charge in [0, 0.05) is 18.3 Å². The van der Waals surface area contributed by atoms with Crippen molar-refractivity contribution in [2.24, 2.45) is 5.92 Å². The highest BCUT2D eigenvalue weighted by Gasteiger charge is 2.11. The van der Waals surface area contributed by atoms with Crippen LogP contribution >= 0.6 is 12.2 Å². The summed E-state index contributed by atoms with van der Waals surface area (Å²) in [5.74, 6) is -1.18. The van der Waals surface area contributed by atoms with Gasteiger partial charge in [-0.3, -0.25) is 4.79 Å². The van der Waals surface area contributed by atoms with E-state index in [-0.39, 0.29) is 5.92 Å². The quantitative estimate of drug-likeness (QED) is 0.624. The molecule has 0 unspecified atom stereocenters. The van der Waals surface area contributed by atoms with E-state index in [1.165, 1.54) is 0 Å². The molecule has 0 saturated heterocycles. The molecule has 12 heavy (non-hydrogen) atoms. The highest BCUT2D eigenvalue weighted by Crippen LogP contribution is 2.04. The zero-order valence-electron chi connectivity index (χ0n) is 6.63. The van der Waals surface area contributed by atoms with Gasteiger partial charge in [0.15, 0.2) is 4.77 Å². The van der Waals surface area contributed by atoms with Gasteiger partial charge in [0.1, 0.15) is 0 Å². The highest BCUT2D eigenvalue weighted by atomic mass is 32.1. The van der Waals surface area contributed by atoms with E-state index in [2.05, 4.69) is 9.97 Å². The van der Waals surface area contributed by atoms with Gasteiger partial charge in [0.25, 0.3) is 0 Å². The summed E-state index contributed by atoms with van der Waals surface area (Å²) in [6, 6.07) is 0. The number of nitrogens with one attached hydrogen (secondary N) is 2. The first-order chi connectivity index (χ1) is 5.59. The van der Waals surface area contributed by atoms with E-state index < -0.39 is 5.97 Å². The number of carbonyl (C=O) groups is 1. The van der Waals surface area contributed by atoms with E-state index >= 15 is 0 Å². The second-order valence-corrected chi connectivity index (χ2v) is 3.12. The van der Waals surface area contributed by atoms with Crippen molar-refractivity contribution in [3.63, 3.8) is 0 Å². The topological polar surface area (TPSA) is 68.9 Å². The molecule has 0 bridgehead atoms. The number of aromatic amines is 2. The Labute approximate surface area is 74.6 Å². The lowest BCUT2D eigenvalue weighted by atomic mass is 10.1. The summed E-state index contributed by atoms with van der Waals surface area (Å²) in [6.45, 7) is 1.66. The van der Waals surface area contributed by atoms with Gasteiger partial charge in [-0.2, -0.15) is 0 Å². The van der Waals surface area contributed by atoms with Crippen LogP contribution in [0.15, 0.2) is 6.20 Å². The average Bonchev–Trinajstić information content (AvgIpc) is 2.35. The predicted molar refractivity (Wildman–Crippen MR) is 46.5 cm³/mol. The van der Waals surface area contributed by atoms with Crippen LogP contribution in [-0.4, -0.2) is 21.0 Å². The molecule has 1 atom stereocenters. The van der Waals surface area contributed by atoms with E-state index in [9.17, 15) is 4.79 Å². The minimum absolute atomic E-state index is 0.383. The number of rotatable bonds is 3. The predicted octanol–water partition coefficient (Wildman–Crippen LogP) is 1.34. The summed E-state index contributed by atoms with van der Waals surface area (Å²) in [6.07, 6.45) is 2.17. The monoisotopic (exact) mass is 186 g/mol. The molecule has 1 aromatic heterocycles. The van der Waals surface area contributed by atoms with Crippen LogP contribution in [0.5, 0.6) is 0 Å². The largest absolute Gasteiger partial charge is 0.481 e. The van der Waals surface area contributed by atoms with Gasteiger partial charge in [-0.1, -0.05) is 6.92 Å². The summed E-state index contributed by atoms with van der Waals surface area (Å²) >= 11 is 4.79. The molecule has 1 aromatic rings. The van der Waals surface area contributed by atoms with Crippen LogP contribution in [-0.2, 0) is 11.2 Å². The Bertz CT molecular complexity index is 328. The molecule has 0 aliphatic carbocycles. The standard InChI is InChI=1S/C7H10N2O2S/c1-4(6(10)11)2-5-3-8-7(12)9-5/h3-4H,2H2,1H3,(H,10,11)(H2,8,9,12)/t4-/m1/s1. The molecule has 0 spiro atoms. The number of hydrogen-bond donors (Lipinski definition) is 3. The number of hydrogen-bond acceptors (Lipinski definition) is 2. The van der Waals surface area contributed by atoms with Crippen molar-refractivity contribution < 1.29 is 9.90 Å². The molecule has 5 heteroatoms. The summed E-state index contributed by atoms with van der Waals surface area (Å²) in [5.41, 5.74) is 0.829. The van der Waals surface area contributed by atoms with E-state index in [1.54, 1.807) is 13.1 Å². The molecule has 0 aromatic carbocycles. The Morgan fingerprint density at radius 3 is 2.92 bits per heavy atom. The van der Waals surface area contributed by atoms with Gasteiger partial charge in [0.2, 0.25) is 0 Å². The van der Waals surface area contributed by atoms with Crippen LogP contribution in [0.25, 0.3) is 0 Å². The number of carboxylic acids is 1. The van der Waals surface area contributed by atoms with E-state index in [0.717, 1.165) is 5.69 Å². The van der Waals surface area contributed by atoms with Crippen LogP contribution in [0.4, 0.5) is 0 Å². The van der Waals surface area contributed by atoms with Crippen LogP contribution in [0.3, 0.4) is 0 Å². The molecule has 0 saturated carbocycles. The van der Waals surface area contributed by atoms with Gasteiger partial charge in [-0.15, -0.1) is 0 Å². The summed E-state index contributed by atoms with van der Waals surface area (Å²) in [4.78, 5) is 16.1. The fourth-order valence-corrected chi connectivity index (χ4v) is 1.09. The molecule has 1 rings (SSSR count). The third-order valence-corrected chi connectivity index (χ3v) is 1.82. The first kappa shape index (κ1) is 8.99. The Kier molecular flexibility index (Phi) is 2.65. The first-order valence-corrected chi connectivity index (χ1v) is 4.00. The number of carboxylic acid groups (broad SMARTS) is 1. The summed E-state index contributed by atoms with van der Waals surface area (Å²) in [7, 11) is 0. The molecule has 0 amide bonds. The van der Waals surface area contributed by atoms with Crippen LogP contribution in [0, 0.1) is 10.7 Å². The van der Waals surface area contributed by atoms with Gasteiger partial charge in [0.05, 0.1) is 5.92 Å². The Morgan fingerprint density at radius 2 is 2.50 bits per heavy atom. The van der Waals surface area contributed by atoms with Crippen molar-refractivity contribution >= 4 is 18.2 Å². The summed E-state index contributed by atoms with van der Waals surface area (Å²) < 4.78 is 0.530. The fourth-order valence-electron chi connectivity index (χ4n) is 0.898. The molecule has 0 radical (unpaired) electrons. The highest BCUT2D eigenvalue weighted by molar-refractivity contribution is 7.71. The van der Waals surface area contributed by atoms with Crippen molar-refractivity contribution in [2.45, 2.75) is 13.3 Å². The van der Waals surface area contributed by atoms with Gasteiger partial charge in [-0.25, -0.2) is 0 Å². The van der Waals surface area contributed by atoms with Crippen molar-refractivity contribution in [1.29, 1.82) is 0 Å². The third-order valence-electron chi connectivity index (χ3n) is 1.60. The Hall–Kier alpha value is -1.10. The smallest absolute Gasteiger partial charge is 0.306 e. The molecule has 0 fully saturated rings. The normalized spacial score (nSPS) is 12.8. The molecule has 66 valence electrons. The molecule has 1 heterocycles. The molecular formula is C7H10N2O2S. The molecule has 0 aliphatic rings. The second kappa shape index (κ2) is 3.53. The Balaban J connectivity index is 2.64. The van der Waals surface area contributed by atoms with E-state index in [1.807, 2.05) is 0 Å². The zero-order chi connectivity index (χ0) is 9.14. The van der Waals surface area contributed by atoms with E-state index in [0.29, 0.717) is 11.2 Å². The second-order valence-electron chi connectivity index (χ2n) is 2.71. The molecule has 0 aliphatic heterocycles. The molecule has 4 nitrogen and oxygen atoms in total. The van der Waals surface area contributed by atoms with Crippen LogP contribution in [0.1, 0.15) is 12.6 Å². The average molecular weight is 186 g/mol. The van der Waals surface area contributed by atoms with Gasteiger partial charge >= 0.3 is 5.97 Å². The SMILES string of the molecule is C[C@H](Cc1c[nH]c(=S)[nH]1)C(=O)O. The number of aliphatic carboxylic acids is 1. The molecule has 3 N–H and O–H groups in total. The number of H-pyrrole nitrogens is 2. The first-order valence-electron chi connectivity index (χ1n) is 3.59. The number of aromatic nitrogens is 2. The summed E-state index contributed by atoms with van der Waals surface area (Å²) in [5, 5.41) is 8.60. The zero-order valence-corrected chi connectivity index (χ0v) is 7.44. The molecular weight excluding hydrogens is 176 g/mol. The lowest BCUT2D eigenvalue weighted by Crippen LogP contribution is -2.12. The van der Waals surface area contributed by atoms with Crippen molar-refractivity contribution in [3.05, 3.63) is 16.7 Å². The lowest BCUT2D eigenvalue weighted by molar-refractivity contribution is -0.141. The fraction of sp³-hybridized carbons (Fsp3) is 0.429. The van der Waals surface area contributed by atoms with Gasteiger partial charge in [-0.05, 0) is 12.2 Å². The van der Waals surface area contributed by atoms with Crippen LogP contribution < -0.4 is 0 Å². The van der Waals surface area contributed by atoms with Gasteiger partial charge < -0.3 is 15.1 Å². The number of imidazole rings is 1. The van der Waals surface area contributed by atoms with Crippen molar-refractivity contribution in [1.82, 2.24) is 9.97 Å². The maximum Gasteiger partial charge on any atom is 0.306 e. The maximum atomic E-state index is 10.5. The Morgan fingerprint density at radius 1 is 1.83 bits per heavy atom. The minimum Gasteiger partial charge on any atom is -0.481 e. The maximum absolute atomic E-state index is 10.5. The third kappa shape index (κ3) is 2.20. The van der Waals surface area contributed by atoms with E-state index in [4.69, 9.17) is 17.3 Å². The van der Waals surface area contributed by atoms with Crippen molar-refractivity contribution in [3.8, 4) is 0 Å². The van der Waals surface area contributed by atoms with Crippen molar-refractivity contribution in [2.75, 3.05) is 0 Å². The lowest BCUT2D eigenvalue weighted by Gasteiger charge is -2.01.